The molecule has 3 rings (SSSR count). The first kappa shape index (κ1) is 11.7. The number of benzene rings is 1. The Balaban J connectivity index is 1.83. The molecule has 1 aliphatic carbocycles. The van der Waals surface area contributed by atoms with Crippen LogP contribution in [0.25, 0.3) is 0 Å². The highest BCUT2D eigenvalue weighted by atomic mass is 35.5. The molecule has 0 spiro atoms. The number of nitrogens with zero attached hydrogens (tertiary/aromatic N) is 2. The van der Waals surface area contributed by atoms with Gasteiger partial charge in [0.15, 0.2) is 0 Å². The van der Waals surface area contributed by atoms with Gasteiger partial charge in [0.1, 0.15) is 6.33 Å². The molecule has 1 heterocycles. The zero-order chi connectivity index (χ0) is 12.4. The number of halogens is 1. The van der Waals surface area contributed by atoms with E-state index in [1.165, 1.54) is 17.7 Å². The molecular formula is C15H15ClN2. The smallest absolute Gasteiger partial charge is 0.115 e. The van der Waals surface area contributed by atoms with Gasteiger partial charge < -0.3 is 0 Å². The van der Waals surface area contributed by atoms with Crippen molar-refractivity contribution in [3.8, 4) is 0 Å². The van der Waals surface area contributed by atoms with E-state index in [-0.39, 0.29) is 5.38 Å². The lowest BCUT2D eigenvalue weighted by molar-refractivity contribution is 0.844. The molecule has 1 aromatic heterocycles. The average Bonchev–Trinajstić information content (AvgIpc) is 2.89. The highest BCUT2D eigenvalue weighted by molar-refractivity contribution is 6.20. The molecule has 2 aromatic rings. The molecule has 0 saturated heterocycles. The lowest BCUT2D eigenvalue weighted by Gasteiger charge is -2.11. The summed E-state index contributed by atoms with van der Waals surface area (Å²) < 4.78 is 0. The molecule has 0 radical (unpaired) electrons. The van der Waals surface area contributed by atoms with Gasteiger partial charge in [-0.3, -0.25) is 0 Å². The van der Waals surface area contributed by atoms with Gasteiger partial charge in [-0.15, -0.1) is 11.6 Å². The maximum Gasteiger partial charge on any atom is 0.115 e. The maximum absolute atomic E-state index is 6.48. The average molecular weight is 259 g/mol. The SMILES string of the molecule is ClC(Cc1ncnc2c1CCC2)c1ccccc1. The highest BCUT2D eigenvalue weighted by Crippen LogP contribution is 2.28. The molecule has 18 heavy (non-hydrogen) atoms. The molecule has 1 aliphatic rings. The molecule has 0 N–H and O–H groups in total. The zero-order valence-electron chi connectivity index (χ0n) is 10.1. The van der Waals surface area contributed by atoms with E-state index < -0.39 is 0 Å². The first-order valence-corrected chi connectivity index (χ1v) is 6.79. The fraction of sp³-hybridized carbons (Fsp3) is 0.333. The van der Waals surface area contributed by atoms with Crippen molar-refractivity contribution in [2.45, 2.75) is 31.1 Å². The van der Waals surface area contributed by atoms with Crippen LogP contribution in [-0.2, 0) is 19.3 Å². The monoisotopic (exact) mass is 258 g/mol. The van der Waals surface area contributed by atoms with Crippen LogP contribution in [0.5, 0.6) is 0 Å². The van der Waals surface area contributed by atoms with E-state index in [1.807, 2.05) is 18.2 Å². The second-order valence-electron chi connectivity index (χ2n) is 4.68. The number of alkyl halides is 1. The lowest BCUT2D eigenvalue weighted by atomic mass is 10.0. The van der Waals surface area contributed by atoms with Crippen molar-refractivity contribution in [2.75, 3.05) is 0 Å². The summed E-state index contributed by atoms with van der Waals surface area (Å²) >= 11 is 6.48. The first-order chi connectivity index (χ1) is 8.84. The summed E-state index contributed by atoms with van der Waals surface area (Å²) in [7, 11) is 0. The summed E-state index contributed by atoms with van der Waals surface area (Å²) in [5, 5.41) is -0.00852. The summed E-state index contributed by atoms with van der Waals surface area (Å²) in [6.45, 7) is 0. The van der Waals surface area contributed by atoms with Crippen LogP contribution in [0.3, 0.4) is 0 Å². The Kier molecular flexibility index (Phi) is 3.28. The minimum Gasteiger partial charge on any atom is -0.241 e. The molecule has 2 nitrogen and oxygen atoms in total. The minimum atomic E-state index is -0.00852. The number of hydrogen-bond acceptors (Lipinski definition) is 2. The number of hydrogen-bond donors (Lipinski definition) is 0. The molecule has 1 atom stereocenters. The van der Waals surface area contributed by atoms with Gasteiger partial charge in [-0.2, -0.15) is 0 Å². The third kappa shape index (κ3) is 2.25. The quantitative estimate of drug-likeness (QED) is 0.788. The van der Waals surface area contributed by atoms with Gasteiger partial charge >= 0.3 is 0 Å². The van der Waals surface area contributed by atoms with Gasteiger partial charge in [0.2, 0.25) is 0 Å². The van der Waals surface area contributed by atoms with Crippen LogP contribution in [0.4, 0.5) is 0 Å². The van der Waals surface area contributed by atoms with Gasteiger partial charge in [0, 0.05) is 17.8 Å². The number of rotatable bonds is 3. The largest absolute Gasteiger partial charge is 0.241 e. The normalized spacial score (nSPS) is 15.4. The van der Waals surface area contributed by atoms with Crippen molar-refractivity contribution in [1.29, 1.82) is 0 Å². The number of aromatic nitrogens is 2. The second kappa shape index (κ2) is 5.07. The Bertz CT molecular complexity index is 539. The first-order valence-electron chi connectivity index (χ1n) is 6.35. The summed E-state index contributed by atoms with van der Waals surface area (Å²) in [6, 6.07) is 10.2. The van der Waals surface area contributed by atoms with Gasteiger partial charge in [0.25, 0.3) is 0 Å². The van der Waals surface area contributed by atoms with Crippen molar-refractivity contribution in [1.82, 2.24) is 9.97 Å². The van der Waals surface area contributed by atoms with E-state index in [9.17, 15) is 0 Å². The van der Waals surface area contributed by atoms with E-state index >= 15 is 0 Å². The molecule has 0 aliphatic heterocycles. The van der Waals surface area contributed by atoms with Crippen molar-refractivity contribution in [3.63, 3.8) is 0 Å². The molecule has 1 aromatic carbocycles. The van der Waals surface area contributed by atoms with Crippen LogP contribution in [0, 0.1) is 0 Å². The number of aryl methyl sites for hydroxylation is 1. The Morgan fingerprint density at radius 3 is 2.78 bits per heavy atom. The fourth-order valence-corrected chi connectivity index (χ4v) is 2.84. The van der Waals surface area contributed by atoms with Gasteiger partial charge in [-0.05, 0) is 30.4 Å². The fourth-order valence-electron chi connectivity index (χ4n) is 2.55. The molecule has 0 bridgehead atoms. The van der Waals surface area contributed by atoms with Crippen molar-refractivity contribution >= 4 is 11.6 Å². The molecule has 0 fully saturated rings. The Morgan fingerprint density at radius 1 is 1.11 bits per heavy atom. The number of fused-ring (bicyclic) bond motifs is 1. The predicted octanol–water partition coefficient (Wildman–Crippen LogP) is 3.49. The van der Waals surface area contributed by atoms with Gasteiger partial charge in [-0.1, -0.05) is 30.3 Å². The van der Waals surface area contributed by atoms with E-state index in [4.69, 9.17) is 11.6 Å². The van der Waals surface area contributed by atoms with Crippen molar-refractivity contribution in [3.05, 3.63) is 59.2 Å². The summed E-state index contributed by atoms with van der Waals surface area (Å²) in [5.41, 5.74) is 4.84. The molecule has 0 saturated carbocycles. The molecule has 3 heteroatoms. The van der Waals surface area contributed by atoms with Crippen LogP contribution >= 0.6 is 11.6 Å². The zero-order valence-corrected chi connectivity index (χ0v) is 10.9. The summed E-state index contributed by atoms with van der Waals surface area (Å²) in [5.74, 6) is 0. The van der Waals surface area contributed by atoms with Crippen LogP contribution < -0.4 is 0 Å². The third-order valence-corrected chi connectivity index (χ3v) is 3.90. The Labute approximate surface area is 112 Å². The lowest BCUT2D eigenvalue weighted by Crippen LogP contribution is -2.04. The van der Waals surface area contributed by atoms with E-state index in [2.05, 4.69) is 22.1 Å². The summed E-state index contributed by atoms with van der Waals surface area (Å²) in [4.78, 5) is 8.77. The summed E-state index contributed by atoms with van der Waals surface area (Å²) in [6.07, 6.45) is 5.84. The maximum atomic E-state index is 6.48. The molecule has 1 unspecified atom stereocenters. The topological polar surface area (TPSA) is 25.8 Å². The van der Waals surface area contributed by atoms with Crippen LogP contribution in [0.15, 0.2) is 36.7 Å². The predicted molar refractivity (Wildman–Crippen MR) is 72.8 cm³/mol. The second-order valence-corrected chi connectivity index (χ2v) is 5.21. The van der Waals surface area contributed by atoms with Crippen molar-refractivity contribution < 1.29 is 0 Å². The standard InChI is InChI=1S/C15H15ClN2/c16-13(11-5-2-1-3-6-11)9-15-12-7-4-8-14(12)17-10-18-15/h1-3,5-6,10,13H,4,7-9H2. The molecule has 0 amide bonds. The van der Waals surface area contributed by atoms with Gasteiger partial charge in [0.05, 0.1) is 5.38 Å². The third-order valence-electron chi connectivity index (χ3n) is 3.50. The molecule has 92 valence electrons. The van der Waals surface area contributed by atoms with Gasteiger partial charge in [-0.25, -0.2) is 9.97 Å². The van der Waals surface area contributed by atoms with Crippen molar-refractivity contribution in [2.24, 2.45) is 0 Å². The molecular weight excluding hydrogens is 244 g/mol. The van der Waals surface area contributed by atoms with Crippen LogP contribution in [0.1, 0.15) is 34.3 Å². The Morgan fingerprint density at radius 2 is 1.94 bits per heavy atom. The van der Waals surface area contributed by atoms with E-state index in [0.29, 0.717) is 0 Å². The highest BCUT2D eigenvalue weighted by Gasteiger charge is 2.19. The Hall–Kier alpha value is -1.41. The van der Waals surface area contributed by atoms with Crippen LogP contribution in [0.2, 0.25) is 0 Å². The van der Waals surface area contributed by atoms with E-state index in [0.717, 1.165) is 30.5 Å². The van der Waals surface area contributed by atoms with E-state index in [1.54, 1.807) is 6.33 Å². The van der Waals surface area contributed by atoms with Crippen LogP contribution in [-0.4, -0.2) is 9.97 Å². The minimum absolute atomic E-state index is 0.00852.